The van der Waals surface area contributed by atoms with E-state index in [1.54, 1.807) is 6.08 Å². The fourth-order valence-electron chi connectivity index (χ4n) is 9.84. The van der Waals surface area contributed by atoms with Gasteiger partial charge >= 0.3 is 5.97 Å². The Morgan fingerprint density at radius 3 is 1.07 bits per heavy atom. The summed E-state index contributed by atoms with van der Waals surface area (Å²) in [6.07, 6.45) is 80.3. The van der Waals surface area contributed by atoms with E-state index in [0.29, 0.717) is 19.4 Å². The van der Waals surface area contributed by atoms with Crippen molar-refractivity contribution < 1.29 is 24.5 Å². The molecule has 0 rings (SSSR count). The number of carbonyl (C=O) groups is 2. The van der Waals surface area contributed by atoms with Crippen molar-refractivity contribution in [2.45, 2.75) is 353 Å². The molecule has 0 bridgehead atoms. The van der Waals surface area contributed by atoms with Gasteiger partial charge in [0.05, 0.1) is 25.4 Å². The van der Waals surface area contributed by atoms with Crippen LogP contribution in [0.4, 0.5) is 0 Å². The van der Waals surface area contributed by atoms with Crippen LogP contribution in [0.1, 0.15) is 341 Å². The topological polar surface area (TPSA) is 95.9 Å². The van der Waals surface area contributed by atoms with E-state index in [-0.39, 0.29) is 18.5 Å². The zero-order valence-corrected chi connectivity index (χ0v) is 48.9. The molecule has 0 aliphatic rings. The van der Waals surface area contributed by atoms with E-state index in [9.17, 15) is 19.8 Å². The summed E-state index contributed by atoms with van der Waals surface area (Å²) in [7, 11) is 0. The standard InChI is InChI=1S/C67H125NO5/c1-3-5-7-9-11-13-15-36-41-45-49-53-57-61-67(72)73-62-58-54-50-46-42-38-35-33-31-29-27-25-23-21-19-17-18-20-22-24-26-28-30-32-34-37-40-44-48-52-56-60-66(71)68-64(63-69)65(70)59-55-51-47-43-39-16-14-12-10-8-6-4-2/h13,15,19,21,25,27,55,59,64-65,69-70H,3-12,14,16-18,20,22-24,26,28-54,56-58,60-63H2,1-2H3,(H,68,71)/b15-13-,21-19-,27-25-,59-55+. The lowest BCUT2D eigenvalue weighted by atomic mass is 10.0. The van der Waals surface area contributed by atoms with Crippen LogP contribution in [0.2, 0.25) is 0 Å². The maximum atomic E-state index is 12.4. The first kappa shape index (κ1) is 70.8. The van der Waals surface area contributed by atoms with Crippen molar-refractivity contribution in [2.75, 3.05) is 13.2 Å². The van der Waals surface area contributed by atoms with Crippen molar-refractivity contribution in [2.24, 2.45) is 0 Å². The third kappa shape index (κ3) is 58.9. The number of rotatable bonds is 60. The molecule has 0 heterocycles. The highest BCUT2D eigenvalue weighted by atomic mass is 16.5. The number of esters is 1. The van der Waals surface area contributed by atoms with Gasteiger partial charge in [-0.1, -0.05) is 287 Å². The normalized spacial score (nSPS) is 12.9. The van der Waals surface area contributed by atoms with Crippen molar-refractivity contribution in [3.63, 3.8) is 0 Å². The summed E-state index contributed by atoms with van der Waals surface area (Å²) in [4.78, 5) is 24.5. The van der Waals surface area contributed by atoms with Crippen LogP contribution in [0.25, 0.3) is 0 Å². The Hall–Kier alpha value is -2.18. The SMILES string of the molecule is CCCCCC/C=C\CCCCCCCC(=O)OCCCCCCCCCCC/C=C\C/C=C\CCCCCCCCCCCCCCCCCC(=O)NC(CO)C(O)/C=C/CCCCCCCCCCCC. The Labute approximate surface area is 455 Å². The van der Waals surface area contributed by atoms with Crippen LogP contribution in [0.3, 0.4) is 0 Å². The molecule has 0 aliphatic carbocycles. The molecular formula is C67H125NO5. The first-order valence-corrected chi connectivity index (χ1v) is 32.4. The molecule has 0 radical (unpaired) electrons. The van der Waals surface area contributed by atoms with E-state index in [2.05, 4.69) is 55.6 Å². The summed E-state index contributed by atoms with van der Waals surface area (Å²) >= 11 is 0. The first-order chi connectivity index (χ1) is 36.0. The van der Waals surface area contributed by atoms with Gasteiger partial charge in [-0.15, -0.1) is 0 Å². The van der Waals surface area contributed by atoms with Crippen molar-refractivity contribution in [3.8, 4) is 0 Å². The molecule has 0 aromatic carbocycles. The predicted octanol–water partition coefficient (Wildman–Crippen LogP) is 20.5. The molecular weight excluding hydrogens is 899 g/mol. The Bertz CT molecular complexity index is 1230. The minimum absolute atomic E-state index is 0.00330. The third-order valence-electron chi connectivity index (χ3n) is 14.8. The highest BCUT2D eigenvalue weighted by Crippen LogP contribution is 2.17. The zero-order valence-electron chi connectivity index (χ0n) is 48.9. The highest BCUT2D eigenvalue weighted by Gasteiger charge is 2.18. The van der Waals surface area contributed by atoms with Crippen LogP contribution in [-0.2, 0) is 14.3 Å². The molecule has 2 unspecified atom stereocenters. The number of ether oxygens (including phenoxy) is 1. The van der Waals surface area contributed by atoms with Crippen LogP contribution < -0.4 is 5.32 Å². The van der Waals surface area contributed by atoms with Gasteiger partial charge in [0.15, 0.2) is 0 Å². The van der Waals surface area contributed by atoms with Crippen molar-refractivity contribution in [1.82, 2.24) is 5.32 Å². The fraction of sp³-hybridized carbons (Fsp3) is 0.851. The Balaban J connectivity index is 3.40. The van der Waals surface area contributed by atoms with Crippen molar-refractivity contribution >= 4 is 11.9 Å². The minimum atomic E-state index is -0.843. The molecule has 73 heavy (non-hydrogen) atoms. The molecule has 0 saturated heterocycles. The maximum Gasteiger partial charge on any atom is 0.305 e. The summed E-state index contributed by atoms with van der Waals surface area (Å²) in [6.45, 7) is 4.88. The number of hydrogen-bond acceptors (Lipinski definition) is 5. The zero-order chi connectivity index (χ0) is 52.9. The van der Waals surface area contributed by atoms with Gasteiger partial charge in [0.2, 0.25) is 5.91 Å². The molecule has 0 spiro atoms. The molecule has 0 fully saturated rings. The summed E-state index contributed by atoms with van der Waals surface area (Å²) in [5.41, 5.74) is 0. The van der Waals surface area contributed by atoms with E-state index < -0.39 is 12.1 Å². The van der Waals surface area contributed by atoms with E-state index >= 15 is 0 Å². The van der Waals surface area contributed by atoms with Gasteiger partial charge in [0.1, 0.15) is 0 Å². The quantitative estimate of drug-likeness (QED) is 0.0320. The van der Waals surface area contributed by atoms with Gasteiger partial charge in [-0.3, -0.25) is 9.59 Å². The van der Waals surface area contributed by atoms with Crippen LogP contribution >= 0.6 is 0 Å². The van der Waals surface area contributed by atoms with Crippen LogP contribution in [0.5, 0.6) is 0 Å². The molecule has 6 nitrogen and oxygen atoms in total. The Morgan fingerprint density at radius 2 is 0.685 bits per heavy atom. The molecule has 0 aliphatic heterocycles. The van der Waals surface area contributed by atoms with Gasteiger partial charge < -0.3 is 20.3 Å². The molecule has 1 amide bonds. The van der Waals surface area contributed by atoms with Crippen LogP contribution in [0.15, 0.2) is 48.6 Å². The second kappa shape index (κ2) is 62.4. The monoisotopic (exact) mass is 1020 g/mol. The smallest absolute Gasteiger partial charge is 0.305 e. The maximum absolute atomic E-state index is 12.4. The summed E-state index contributed by atoms with van der Waals surface area (Å²) in [5.74, 6) is -0.0643. The number of nitrogens with one attached hydrogen (secondary N) is 1. The van der Waals surface area contributed by atoms with Gasteiger partial charge in [0.25, 0.3) is 0 Å². The third-order valence-corrected chi connectivity index (χ3v) is 14.8. The van der Waals surface area contributed by atoms with E-state index in [4.69, 9.17) is 4.74 Å². The van der Waals surface area contributed by atoms with Crippen LogP contribution in [0, 0.1) is 0 Å². The van der Waals surface area contributed by atoms with E-state index in [0.717, 1.165) is 51.4 Å². The molecule has 428 valence electrons. The largest absolute Gasteiger partial charge is 0.466 e. The van der Waals surface area contributed by atoms with Gasteiger partial charge in [-0.05, 0) is 89.9 Å². The molecule has 3 N–H and O–H groups in total. The average molecular weight is 1020 g/mol. The van der Waals surface area contributed by atoms with Gasteiger partial charge in [-0.2, -0.15) is 0 Å². The Kier molecular flexibility index (Phi) is 60.5. The second-order valence-electron chi connectivity index (χ2n) is 22.1. The van der Waals surface area contributed by atoms with Crippen molar-refractivity contribution in [1.29, 1.82) is 0 Å². The summed E-state index contributed by atoms with van der Waals surface area (Å²) in [5, 5.41) is 23.1. The van der Waals surface area contributed by atoms with Gasteiger partial charge in [-0.25, -0.2) is 0 Å². The molecule has 6 heteroatoms. The number of allylic oxidation sites excluding steroid dienone is 7. The average Bonchev–Trinajstić information content (AvgIpc) is 3.39. The number of unbranched alkanes of at least 4 members (excludes halogenated alkanes) is 43. The highest BCUT2D eigenvalue weighted by molar-refractivity contribution is 5.76. The lowest BCUT2D eigenvalue weighted by Crippen LogP contribution is -2.45. The molecule has 0 aromatic heterocycles. The fourth-order valence-corrected chi connectivity index (χ4v) is 9.84. The van der Waals surface area contributed by atoms with Gasteiger partial charge in [0, 0.05) is 12.8 Å². The van der Waals surface area contributed by atoms with Crippen molar-refractivity contribution in [3.05, 3.63) is 48.6 Å². The first-order valence-electron chi connectivity index (χ1n) is 32.4. The molecule has 2 atom stereocenters. The van der Waals surface area contributed by atoms with Crippen LogP contribution in [-0.4, -0.2) is 47.4 Å². The lowest BCUT2D eigenvalue weighted by molar-refractivity contribution is -0.143. The predicted molar refractivity (Wildman–Crippen MR) is 319 cm³/mol. The van der Waals surface area contributed by atoms with E-state index in [1.165, 1.54) is 263 Å². The number of carbonyl (C=O) groups excluding carboxylic acids is 2. The Morgan fingerprint density at radius 1 is 0.384 bits per heavy atom. The summed E-state index contributed by atoms with van der Waals surface area (Å²) in [6, 6.07) is -0.627. The summed E-state index contributed by atoms with van der Waals surface area (Å²) < 4.78 is 5.47. The number of amides is 1. The number of aliphatic hydroxyl groups excluding tert-OH is 2. The number of hydrogen-bond donors (Lipinski definition) is 3. The molecule has 0 saturated carbocycles. The van der Waals surface area contributed by atoms with E-state index in [1.807, 2.05) is 6.08 Å². The lowest BCUT2D eigenvalue weighted by Gasteiger charge is -2.20. The molecule has 0 aromatic rings. The minimum Gasteiger partial charge on any atom is -0.466 e. The second-order valence-corrected chi connectivity index (χ2v) is 22.1. The number of aliphatic hydroxyl groups is 2.